The maximum atomic E-state index is 13.0. The number of aryl methyl sites for hydroxylation is 1. The molecule has 4 rings (SSSR count). The maximum absolute atomic E-state index is 13.0. The van der Waals surface area contributed by atoms with E-state index in [9.17, 15) is 14.4 Å². The number of rotatable bonds is 5. The molecule has 0 bridgehead atoms. The van der Waals surface area contributed by atoms with Gasteiger partial charge in [-0.2, -0.15) is 0 Å². The van der Waals surface area contributed by atoms with Gasteiger partial charge in [-0.15, -0.1) is 0 Å². The van der Waals surface area contributed by atoms with Crippen molar-refractivity contribution in [3.8, 4) is 0 Å². The quantitative estimate of drug-likeness (QED) is 0.608. The molecule has 1 atom stereocenters. The highest BCUT2D eigenvalue weighted by Gasteiger charge is 2.52. The van der Waals surface area contributed by atoms with Gasteiger partial charge in [0.25, 0.3) is 5.91 Å². The summed E-state index contributed by atoms with van der Waals surface area (Å²) in [4.78, 5) is 38.8. The van der Waals surface area contributed by atoms with Gasteiger partial charge < -0.3 is 10.6 Å². The number of nitrogens with one attached hydrogen (secondary N) is 2. The number of imide groups is 1. The molecule has 2 N–H and O–H groups in total. The second-order valence-corrected chi connectivity index (χ2v) is 8.06. The largest absolute Gasteiger partial charge is 0.354 e. The van der Waals surface area contributed by atoms with E-state index in [4.69, 9.17) is 0 Å². The summed E-state index contributed by atoms with van der Waals surface area (Å²) >= 11 is 0. The van der Waals surface area contributed by atoms with Crippen molar-refractivity contribution in [3.05, 3.63) is 47.0 Å². The van der Waals surface area contributed by atoms with E-state index in [0.717, 1.165) is 36.1 Å². The Labute approximate surface area is 165 Å². The Morgan fingerprint density at radius 2 is 1.96 bits per heavy atom. The highest BCUT2D eigenvalue weighted by atomic mass is 16.2. The number of urea groups is 1. The van der Waals surface area contributed by atoms with Crippen LogP contribution in [0.2, 0.25) is 0 Å². The van der Waals surface area contributed by atoms with Crippen molar-refractivity contribution in [1.82, 2.24) is 15.5 Å². The van der Waals surface area contributed by atoms with E-state index in [1.165, 1.54) is 24.0 Å². The summed E-state index contributed by atoms with van der Waals surface area (Å²) in [7, 11) is 0. The average Bonchev–Trinajstić information content (AvgIpc) is 2.92. The first-order chi connectivity index (χ1) is 13.6. The van der Waals surface area contributed by atoms with Crippen LogP contribution >= 0.6 is 0 Å². The van der Waals surface area contributed by atoms with Gasteiger partial charge in [-0.1, -0.05) is 35.9 Å². The van der Waals surface area contributed by atoms with Crippen LogP contribution < -0.4 is 10.6 Å². The molecule has 4 amide bonds. The van der Waals surface area contributed by atoms with Gasteiger partial charge in [-0.3, -0.25) is 14.5 Å². The Kier molecular flexibility index (Phi) is 5.20. The molecule has 1 aliphatic heterocycles. The number of allylic oxidation sites excluding steroid dienone is 1. The minimum atomic E-state index is -0.904. The fourth-order valence-corrected chi connectivity index (χ4v) is 4.54. The van der Waals surface area contributed by atoms with Crippen LogP contribution in [0.15, 0.2) is 35.9 Å². The summed E-state index contributed by atoms with van der Waals surface area (Å²) in [6, 6.07) is 7.55. The molecule has 3 aliphatic rings. The zero-order valence-corrected chi connectivity index (χ0v) is 16.1. The van der Waals surface area contributed by atoms with Crippen LogP contribution in [-0.2, 0) is 22.4 Å². The zero-order chi connectivity index (χ0) is 19.6. The van der Waals surface area contributed by atoms with Crippen molar-refractivity contribution in [1.29, 1.82) is 0 Å². The van der Waals surface area contributed by atoms with E-state index in [0.29, 0.717) is 19.4 Å². The number of hydrogen-bond acceptors (Lipinski definition) is 3. The molecule has 1 unspecified atom stereocenters. The van der Waals surface area contributed by atoms with Crippen molar-refractivity contribution >= 4 is 17.8 Å². The molecular formula is C22H27N3O3. The number of carbonyl (C=O) groups is 3. The lowest BCUT2D eigenvalue weighted by atomic mass is 9.78. The highest BCUT2D eigenvalue weighted by molar-refractivity contribution is 6.09. The fraction of sp³-hybridized carbons (Fsp3) is 0.500. The molecule has 28 heavy (non-hydrogen) atoms. The van der Waals surface area contributed by atoms with Gasteiger partial charge in [-0.25, -0.2) is 4.79 Å². The van der Waals surface area contributed by atoms with Crippen LogP contribution in [-0.4, -0.2) is 41.4 Å². The third-order valence-electron chi connectivity index (χ3n) is 6.13. The monoisotopic (exact) mass is 381 g/mol. The predicted molar refractivity (Wildman–Crippen MR) is 106 cm³/mol. The molecule has 1 fully saturated rings. The highest BCUT2D eigenvalue weighted by Crippen LogP contribution is 2.33. The van der Waals surface area contributed by atoms with Gasteiger partial charge in [-0.05, 0) is 56.1 Å². The molecule has 6 nitrogen and oxygen atoms in total. The molecule has 1 aromatic rings. The van der Waals surface area contributed by atoms with Crippen molar-refractivity contribution < 1.29 is 14.4 Å². The molecule has 1 saturated heterocycles. The summed E-state index contributed by atoms with van der Waals surface area (Å²) in [5.41, 5.74) is 2.80. The molecule has 0 saturated carbocycles. The second kappa shape index (κ2) is 7.78. The topological polar surface area (TPSA) is 78.5 Å². The van der Waals surface area contributed by atoms with Crippen molar-refractivity contribution in [2.24, 2.45) is 0 Å². The minimum absolute atomic E-state index is 0.215. The van der Waals surface area contributed by atoms with Gasteiger partial charge in [0.05, 0.1) is 0 Å². The number of fused-ring (bicyclic) bond motifs is 1. The third kappa shape index (κ3) is 3.68. The van der Waals surface area contributed by atoms with E-state index < -0.39 is 11.6 Å². The predicted octanol–water partition coefficient (Wildman–Crippen LogP) is 2.47. The molecule has 0 aromatic heterocycles. The smallest absolute Gasteiger partial charge is 0.325 e. The summed E-state index contributed by atoms with van der Waals surface area (Å²) in [5, 5.41) is 5.72. The van der Waals surface area contributed by atoms with Crippen LogP contribution in [0.5, 0.6) is 0 Å². The average molecular weight is 381 g/mol. The standard InChI is InChI=1S/C22H27N3O3/c26-19(23-13-11-16-6-2-1-3-7-16)15-25-20(27)22(24-21(25)28)12-10-17-8-4-5-9-18(17)14-22/h4-6,8-9H,1-3,7,10-15H2,(H,23,26)(H,24,28). The van der Waals surface area contributed by atoms with Gasteiger partial charge in [0.2, 0.25) is 5.91 Å². The Morgan fingerprint density at radius 3 is 2.75 bits per heavy atom. The van der Waals surface area contributed by atoms with Crippen LogP contribution in [0.4, 0.5) is 4.79 Å². The Morgan fingerprint density at radius 1 is 1.14 bits per heavy atom. The first-order valence-corrected chi connectivity index (χ1v) is 10.2. The Bertz CT molecular complexity index is 832. The van der Waals surface area contributed by atoms with Crippen LogP contribution in [0.1, 0.15) is 49.7 Å². The summed E-state index contributed by atoms with van der Waals surface area (Å²) < 4.78 is 0. The lowest BCUT2D eigenvalue weighted by Gasteiger charge is -2.32. The number of amides is 4. The first-order valence-electron chi connectivity index (χ1n) is 10.2. The zero-order valence-electron chi connectivity index (χ0n) is 16.1. The number of hydrogen-bond donors (Lipinski definition) is 2. The molecule has 1 aromatic carbocycles. The van der Waals surface area contributed by atoms with E-state index in [2.05, 4.69) is 22.8 Å². The van der Waals surface area contributed by atoms with E-state index in [1.54, 1.807) is 0 Å². The van der Waals surface area contributed by atoms with Crippen molar-refractivity contribution in [2.45, 2.75) is 56.9 Å². The second-order valence-electron chi connectivity index (χ2n) is 8.06. The molecule has 0 radical (unpaired) electrons. The van der Waals surface area contributed by atoms with Gasteiger partial charge in [0.1, 0.15) is 12.1 Å². The minimum Gasteiger partial charge on any atom is -0.354 e. The molecule has 148 valence electrons. The van der Waals surface area contributed by atoms with Crippen LogP contribution in [0.3, 0.4) is 0 Å². The van der Waals surface area contributed by atoms with Gasteiger partial charge in [0, 0.05) is 13.0 Å². The molecule has 2 aliphatic carbocycles. The fourth-order valence-electron chi connectivity index (χ4n) is 4.54. The molecule has 1 spiro atoms. The summed E-state index contributed by atoms with van der Waals surface area (Å²) in [6.45, 7) is 0.333. The van der Waals surface area contributed by atoms with E-state index in [1.807, 2.05) is 18.2 Å². The Balaban J connectivity index is 1.34. The van der Waals surface area contributed by atoms with Crippen molar-refractivity contribution in [2.75, 3.05) is 13.1 Å². The first kappa shape index (κ1) is 18.7. The van der Waals surface area contributed by atoms with Gasteiger partial charge >= 0.3 is 6.03 Å². The van der Waals surface area contributed by atoms with Crippen molar-refractivity contribution in [3.63, 3.8) is 0 Å². The molecule has 6 heteroatoms. The lowest BCUT2D eigenvalue weighted by molar-refractivity contribution is -0.135. The van der Waals surface area contributed by atoms with Crippen LogP contribution in [0, 0.1) is 0 Å². The third-order valence-corrected chi connectivity index (χ3v) is 6.13. The van der Waals surface area contributed by atoms with Gasteiger partial charge in [0.15, 0.2) is 0 Å². The van der Waals surface area contributed by atoms with Crippen LogP contribution in [0.25, 0.3) is 0 Å². The number of benzene rings is 1. The number of carbonyl (C=O) groups excluding carboxylic acids is 3. The summed E-state index contributed by atoms with van der Waals surface area (Å²) in [5.74, 6) is -0.565. The molecular weight excluding hydrogens is 354 g/mol. The molecule has 1 heterocycles. The Hall–Kier alpha value is -2.63. The number of nitrogens with zero attached hydrogens (tertiary/aromatic N) is 1. The van der Waals surface area contributed by atoms with E-state index in [-0.39, 0.29) is 18.4 Å². The normalized spacial score (nSPS) is 24.0. The van der Waals surface area contributed by atoms with E-state index >= 15 is 0 Å². The SMILES string of the molecule is O=C(CN1C(=O)NC2(CCc3ccccc3C2)C1=O)NCCC1=CCCCC1. The summed E-state index contributed by atoms with van der Waals surface area (Å²) in [6.07, 6.45) is 9.59. The maximum Gasteiger partial charge on any atom is 0.325 e. The lowest BCUT2D eigenvalue weighted by Crippen LogP contribution is -2.51.